The van der Waals surface area contributed by atoms with Crippen LogP contribution in [0.25, 0.3) is 16.7 Å². The molecule has 0 amide bonds. The minimum Gasteiger partial charge on any atom is -0.503 e. The summed E-state index contributed by atoms with van der Waals surface area (Å²) >= 11 is 0. The lowest BCUT2D eigenvalue weighted by Gasteiger charge is -2.10. The van der Waals surface area contributed by atoms with Gasteiger partial charge in [0, 0.05) is 0 Å². The maximum absolute atomic E-state index is 10.3. The molecule has 1 N–H and O–H groups in total. The Labute approximate surface area is 116 Å². The Hall–Kier alpha value is -2.56. The predicted molar refractivity (Wildman–Crippen MR) is 76.5 cm³/mol. The van der Waals surface area contributed by atoms with Crippen molar-refractivity contribution in [3.63, 3.8) is 0 Å². The van der Waals surface area contributed by atoms with Crippen molar-refractivity contribution < 1.29 is 9.84 Å². The van der Waals surface area contributed by atoms with Crippen molar-refractivity contribution in [1.29, 1.82) is 0 Å². The van der Waals surface area contributed by atoms with Gasteiger partial charge in [0.25, 0.3) is 0 Å². The number of hydrogen-bond donors (Lipinski definition) is 1. The molecule has 0 radical (unpaired) electrons. The molecule has 20 heavy (non-hydrogen) atoms. The molecular weight excluding hydrogens is 254 g/mol. The summed E-state index contributed by atoms with van der Waals surface area (Å²) in [6, 6.07) is 11.3. The predicted octanol–water partition coefficient (Wildman–Crippen LogP) is 2.70. The number of aromatic hydroxyl groups is 1. The number of hydrogen-bond acceptors (Lipinski definition) is 4. The van der Waals surface area contributed by atoms with Gasteiger partial charge in [-0.25, -0.2) is 0 Å². The van der Waals surface area contributed by atoms with E-state index in [1.807, 2.05) is 43.3 Å². The van der Waals surface area contributed by atoms with Gasteiger partial charge in [-0.15, -0.1) is 15.0 Å². The molecule has 0 saturated heterocycles. The van der Waals surface area contributed by atoms with Crippen LogP contribution in [0.4, 0.5) is 0 Å². The quantitative estimate of drug-likeness (QED) is 0.794. The fraction of sp³-hybridized carbons (Fsp3) is 0.200. The van der Waals surface area contributed by atoms with E-state index in [4.69, 9.17) is 4.74 Å². The number of aryl methyl sites for hydroxylation is 1. The fourth-order valence-corrected chi connectivity index (χ4v) is 2.13. The van der Waals surface area contributed by atoms with E-state index >= 15 is 0 Å². The summed E-state index contributed by atoms with van der Waals surface area (Å²) in [7, 11) is 1.53. The van der Waals surface area contributed by atoms with Gasteiger partial charge in [-0.1, -0.05) is 19.1 Å². The average molecular weight is 269 g/mol. The highest BCUT2D eigenvalue weighted by Gasteiger charge is 2.14. The van der Waals surface area contributed by atoms with Crippen molar-refractivity contribution >= 4 is 11.0 Å². The molecule has 0 atom stereocenters. The van der Waals surface area contributed by atoms with Crippen molar-refractivity contribution in [3.8, 4) is 17.2 Å². The maximum atomic E-state index is 10.3. The standard InChI is InChI=1S/C15H15N3O2/c1-3-10-8-13(15(19)14(9-10)20-2)18-16-11-6-4-5-7-12(11)17-18/h4-9,19H,3H2,1-2H3. The highest BCUT2D eigenvalue weighted by atomic mass is 16.5. The first-order chi connectivity index (χ1) is 9.72. The van der Waals surface area contributed by atoms with Crippen molar-refractivity contribution in [2.24, 2.45) is 0 Å². The molecule has 102 valence electrons. The molecule has 3 rings (SSSR count). The van der Waals surface area contributed by atoms with Crippen molar-refractivity contribution in [2.75, 3.05) is 7.11 Å². The van der Waals surface area contributed by atoms with E-state index in [0.29, 0.717) is 11.4 Å². The summed E-state index contributed by atoms with van der Waals surface area (Å²) < 4.78 is 5.20. The number of phenols is 1. The summed E-state index contributed by atoms with van der Waals surface area (Å²) in [5, 5.41) is 19.0. The number of fused-ring (bicyclic) bond motifs is 1. The Morgan fingerprint density at radius 2 is 1.80 bits per heavy atom. The number of methoxy groups -OCH3 is 1. The molecule has 0 aliphatic heterocycles. The van der Waals surface area contributed by atoms with E-state index in [9.17, 15) is 5.11 Å². The molecule has 2 aromatic carbocycles. The third kappa shape index (κ3) is 1.97. The molecule has 0 fully saturated rings. The first kappa shape index (κ1) is 12.5. The largest absolute Gasteiger partial charge is 0.503 e. The van der Waals surface area contributed by atoms with Crippen LogP contribution >= 0.6 is 0 Å². The third-order valence-corrected chi connectivity index (χ3v) is 3.24. The van der Waals surface area contributed by atoms with Crippen LogP contribution in [0.1, 0.15) is 12.5 Å². The van der Waals surface area contributed by atoms with Gasteiger partial charge in [-0.05, 0) is 36.2 Å². The van der Waals surface area contributed by atoms with Crippen LogP contribution in [0.5, 0.6) is 11.5 Å². The fourth-order valence-electron chi connectivity index (χ4n) is 2.13. The molecule has 0 saturated carbocycles. The SMILES string of the molecule is CCc1cc(OC)c(O)c(-n2nc3ccccc3n2)c1. The summed E-state index contributed by atoms with van der Waals surface area (Å²) in [4.78, 5) is 1.45. The van der Waals surface area contributed by atoms with Crippen LogP contribution < -0.4 is 4.74 Å². The van der Waals surface area contributed by atoms with E-state index < -0.39 is 0 Å². The van der Waals surface area contributed by atoms with Gasteiger partial charge >= 0.3 is 0 Å². The molecule has 1 heterocycles. The van der Waals surface area contributed by atoms with E-state index in [0.717, 1.165) is 23.0 Å². The third-order valence-electron chi connectivity index (χ3n) is 3.24. The lowest BCUT2D eigenvalue weighted by molar-refractivity contribution is 0.370. The molecule has 5 nitrogen and oxygen atoms in total. The van der Waals surface area contributed by atoms with Gasteiger partial charge in [0.2, 0.25) is 0 Å². The van der Waals surface area contributed by atoms with Gasteiger partial charge in [0.05, 0.1) is 7.11 Å². The lowest BCUT2D eigenvalue weighted by Crippen LogP contribution is -2.01. The first-order valence-electron chi connectivity index (χ1n) is 6.45. The van der Waals surface area contributed by atoms with Crippen LogP contribution in [-0.2, 0) is 6.42 Å². The van der Waals surface area contributed by atoms with Gasteiger partial charge in [0.1, 0.15) is 16.7 Å². The molecule has 0 bridgehead atoms. The molecule has 0 aliphatic rings. The zero-order valence-electron chi connectivity index (χ0n) is 11.4. The van der Waals surface area contributed by atoms with E-state index in [1.54, 1.807) is 0 Å². The molecule has 0 spiro atoms. The van der Waals surface area contributed by atoms with Crippen LogP contribution in [0.3, 0.4) is 0 Å². The minimum atomic E-state index is 0.0463. The van der Waals surface area contributed by atoms with E-state index in [-0.39, 0.29) is 5.75 Å². The van der Waals surface area contributed by atoms with Crippen molar-refractivity contribution in [3.05, 3.63) is 42.0 Å². The molecule has 0 unspecified atom stereocenters. The molecular formula is C15H15N3O2. The monoisotopic (exact) mass is 269 g/mol. The second kappa shape index (κ2) is 4.85. The smallest absolute Gasteiger partial charge is 0.185 e. The summed E-state index contributed by atoms with van der Waals surface area (Å²) in [5.41, 5.74) is 3.15. The van der Waals surface area contributed by atoms with Crippen LogP contribution in [-0.4, -0.2) is 27.2 Å². The van der Waals surface area contributed by atoms with Crippen LogP contribution in [0.15, 0.2) is 36.4 Å². The Kier molecular flexibility index (Phi) is 3.02. The number of nitrogens with zero attached hydrogens (tertiary/aromatic N) is 3. The molecule has 1 aromatic heterocycles. The van der Waals surface area contributed by atoms with Crippen molar-refractivity contribution in [2.45, 2.75) is 13.3 Å². The highest BCUT2D eigenvalue weighted by molar-refractivity contribution is 5.73. The number of aromatic nitrogens is 3. The average Bonchev–Trinajstić information content (AvgIpc) is 2.91. The normalized spacial score (nSPS) is 10.9. The maximum Gasteiger partial charge on any atom is 0.185 e. The number of phenolic OH excluding ortho intramolecular Hbond substituents is 1. The van der Waals surface area contributed by atoms with E-state index in [1.165, 1.54) is 11.9 Å². The Bertz CT molecular complexity index is 732. The Balaban J connectivity index is 2.22. The lowest BCUT2D eigenvalue weighted by atomic mass is 10.1. The molecule has 0 aliphatic carbocycles. The zero-order chi connectivity index (χ0) is 14.1. The number of rotatable bonds is 3. The molecule has 5 heteroatoms. The van der Waals surface area contributed by atoms with Crippen molar-refractivity contribution in [1.82, 2.24) is 15.0 Å². The Morgan fingerprint density at radius 1 is 1.15 bits per heavy atom. The van der Waals surface area contributed by atoms with Crippen LogP contribution in [0.2, 0.25) is 0 Å². The van der Waals surface area contributed by atoms with Crippen LogP contribution in [0, 0.1) is 0 Å². The highest BCUT2D eigenvalue weighted by Crippen LogP contribution is 2.34. The molecule has 3 aromatic rings. The topological polar surface area (TPSA) is 60.2 Å². The Morgan fingerprint density at radius 3 is 2.35 bits per heavy atom. The second-order valence-electron chi connectivity index (χ2n) is 4.50. The second-order valence-corrected chi connectivity index (χ2v) is 4.50. The van der Waals surface area contributed by atoms with Gasteiger partial charge in [-0.3, -0.25) is 0 Å². The van der Waals surface area contributed by atoms with Gasteiger partial charge in [0.15, 0.2) is 11.5 Å². The van der Waals surface area contributed by atoms with E-state index in [2.05, 4.69) is 10.2 Å². The summed E-state index contributed by atoms with van der Waals surface area (Å²) in [6.45, 7) is 2.04. The summed E-state index contributed by atoms with van der Waals surface area (Å²) in [5.74, 6) is 0.478. The zero-order valence-corrected chi connectivity index (χ0v) is 11.4. The first-order valence-corrected chi connectivity index (χ1v) is 6.45. The number of ether oxygens (including phenoxy) is 1. The van der Waals surface area contributed by atoms with Gasteiger partial charge < -0.3 is 9.84 Å². The number of benzene rings is 2. The summed E-state index contributed by atoms with van der Waals surface area (Å²) in [6.07, 6.45) is 0.838. The minimum absolute atomic E-state index is 0.0463. The van der Waals surface area contributed by atoms with Gasteiger partial charge in [-0.2, -0.15) is 0 Å².